The minimum Gasteiger partial charge on any atom is -0.493 e. The molecule has 23 heavy (non-hydrogen) atoms. The van der Waals surface area contributed by atoms with Crippen molar-refractivity contribution >= 4 is 0 Å². The van der Waals surface area contributed by atoms with Crippen molar-refractivity contribution < 1.29 is 39.4 Å². The molecule has 1 saturated heterocycles. The van der Waals surface area contributed by atoms with Crippen LogP contribution in [-0.4, -0.2) is 72.0 Å². The molecule has 5 atom stereocenters. The summed E-state index contributed by atoms with van der Waals surface area (Å²) in [6.07, 6.45) is -6.46. The minimum atomic E-state index is -1.46. The van der Waals surface area contributed by atoms with E-state index in [0.29, 0.717) is 11.5 Å². The van der Waals surface area contributed by atoms with Gasteiger partial charge in [0, 0.05) is 0 Å². The van der Waals surface area contributed by atoms with Gasteiger partial charge >= 0.3 is 0 Å². The monoisotopic (exact) mass is 330 g/mol. The van der Waals surface area contributed by atoms with Crippen molar-refractivity contribution in [2.45, 2.75) is 37.3 Å². The molecule has 8 nitrogen and oxygen atoms in total. The van der Waals surface area contributed by atoms with Crippen LogP contribution in [0, 0.1) is 0 Å². The quantitative estimate of drug-likeness (QED) is 0.526. The Labute approximate surface area is 133 Å². The molecule has 8 heteroatoms. The van der Waals surface area contributed by atoms with E-state index in [1.807, 2.05) is 0 Å². The molecule has 1 aliphatic heterocycles. The van der Waals surface area contributed by atoms with E-state index in [0.717, 1.165) is 5.56 Å². The van der Waals surface area contributed by atoms with Crippen molar-refractivity contribution in [1.29, 1.82) is 0 Å². The third-order valence-electron chi connectivity index (χ3n) is 3.71. The molecule has 0 saturated carbocycles. The molecule has 0 aromatic heterocycles. The molecule has 2 rings (SSSR count). The Kier molecular flexibility index (Phi) is 6.17. The van der Waals surface area contributed by atoms with E-state index in [4.69, 9.17) is 24.1 Å². The van der Waals surface area contributed by atoms with Crippen LogP contribution in [0.5, 0.6) is 11.5 Å². The highest BCUT2D eigenvalue weighted by atomic mass is 16.7. The van der Waals surface area contributed by atoms with Gasteiger partial charge in [-0.2, -0.15) is 0 Å². The van der Waals surface area contributed by atoms with Gasteiger partial charge in [0.05, 0.1) is 27.4 Å². The second kappa shape index (κ2) is 7.91. The van der Waals surface area contributed by atoms with E-state index in [9.17, 15) is 15.3 Å². The van der Waals surface area contributed by atoms with E-state index < -0.39 is 37.3 Å². The number of hydrogen-bond acceptors (Lipinski definition) is 8. The van der Waals surface area contributed by atoms with Gasteiger partial charge in [-0.25, -0.2) is 0 Å². The topological polar surface area (TPSA) is 118 Å². The fraction of sp³-hybridized carbons (Fsp3) is 0.600. The van der Waals surface area contributed by atoms with E-state index >= 15 is 0 Å². The normalized spacial score (nSPS) is 31.0. The summed E-state index contributed by atoms with van der Waals surface area (Å²) in [5.41, 5.74) is 0.736. The maximum absolute atomic E-state index is 9.90. The van der Waals surface area contributed by atoms with E-state index in [2.05, 4.69) is 0 Å². The summed E-state index contributed by atoms with van der Waals surface area (Å²) >= 11 is 0. The molecule has 1 fully saturated rings. The lowest BCUT2D eigenvalue weighted by atomic mass is 9.99. The first-order valence-electron chi connectivity index (χ1n) is 7.14. The van der Waals surface area contributed by atoms with Gasteiger partial charge in [0.1, 0.15) is 24.4 Å². The summed E-state index contributed by atoms with van der Waals surface area (Å²) in [6, 6.07) is 5.18. The first-order valence-corrected chi connectivity index (χ1v) is 7.14. The molecule has 0 unspecified atom stereocenters. The van der Waals surface area contributed by atoms with Crippen molar-refractivity contribution in [3.8, 4) is 11.5 Å². The molecular weight excluding hydrogens is 308 g/mol. The zero-order valence-corrected chi connectivity index (χ0v) is 13.0. The molecule has 1 aromatic carbocycles. The molecule has 0 amide bonds. The van der Waals surface area contributed by atoms with Gasteiger partial charge in [-0.15, -0.1) is 0 Å². The smallest absolute Gasteiger partial charge is 0.187 e. The molecule has 0 bridgehead atoms. The van der Waals surface area contributed by atoms with Crippen LogP contribution in [0.2, 0.25) is 0 Å². The molecule has 1 aromatic rings. The third-order valence-corrected chi connectivity index (χ3v) is 3.71. The van der Waals surface area contributed by atoms with Crippen molar-refractivity contribution in [2.75, 3.05) is 20.8 Å². The average molecular weight is 330 g/mol. The Balaban J connectivity index is 2.02. The third kappa shape index (κ3) is 3.92. The SMILES string of the molecule is COc1ccc(CO[C@@H]2O[C@H](CO)[C@@H](O)[C@H](O)[C@H]2O)cc1OC. The average Bonchev–Trinajstić information content (AvgIpc) is 2.58. The Hall–Kier alpha value is -1.42. The molecule has 0 spiro atoms. The molecule has 130 valence electrons. The first-order chi connectivity index (χ1) is 11.0. The molecule has 1 aliphatic rings. The van der Waals surface area contributed by atoms with Gasteiger partial charge in [-0.05, 0) is 17.7 Å². The van der Waals surface area contributed by atoms with Crippen LogP contribution in [-0.2, 0) is 16.1 Å². The largest absolute Gasteiger partial charge is 0.493 e. The molecular formula is C15H22O8. The highest BCUT2D eigenvalue weighted by Gasteiger charge is 2.43. The standard InChI is InChI=1S/C15H22O8/c1-20-9-4-3-8(5-10(9)21-2)7-22-15-14(19)13(18)12(17)11(6-16)23-15/h3-5,11-19H,6-7H2,1-2H3/t11-,12-,13+,14-,15-/m1/s1. The van der Waals surface area contributed by atoms with Crippen LogP contribution in [0.1, 0.15) is 5.56 Å². The minimum absolute atomic E-state index is 0.0725. The van der Waals surface area contributed by atoms with Crippen LogP contribution in [0.15, 0.2) is 18.2 Å². The fourth-order valence-corrected chi connectivity index (χ4v) is 2.35. The Morgan fingerprint density at radius 1 is 1.00 bits per heavy atom. The number of ether oxygens (including phenoxy) is 4. The van der Waals surface area contributed by atoms with Crippen LogP contribution in [0.3, 0.4) is 0 Å². The van der Waals surface area contributed by atoms with Crippen molar-refractivity contribution in [3.63, 3.8) is 0 Å². The van der Waals surface area contributed by atoms with E-state index in [1.54, 1.807) is 18.2 Å². The zero-order chi connectivity index (χ0) is 17.0. The van der Waals surface area contributed by atoms with Crippen LogP contribution in [0.25, 0.3) is 0 Å². The fourth-order valence-electron chi connectivity index (χ4n) is 2.35. The maximum Gasteiger partial charge on any atom is 0.187 e. The number of aliphatic hydroxyl groups excluding tert-OH is 4. The van der Waals surface area contributed by atoms with Crippen LogP contribution in [0.4, 0.5) is 0 Å². The lowest BCUT2D eigenvalue weighted by molar-refractivity contribution is -0.304. The second-order valence-corrected chi connectivity index (χ2v) is 5.20. The summed E-state index contributed by atoms with van der Waals surface area (Å²) in [5, 5.41) is 38.4. The predicted octanol–water partition coefficient (Wildman–Crippen LogP) is -0.980. The predicted molar refractivity (Wildman–Crippen MR) is 78.1 cm³/mol. The van der Waals surface area contributed by atoms with Crippen molar-refractivity contribution in [3.05, 3.63) is 23.8 Å². The zero-order valence-electron chi connectivity index (χ0n) is 13.0. The highest BCUT2D eigenvalue weighted by molar-refractivity contribution is 5.42. The number of methoxy groups -OCH3 is 2. The number of hydrogen-bond donors (Lipinski definition) is 4. The van der Waals surface area contributed by atoms with E-state index in [1.165, 1.54) is 14.2 Å². The number of benzene rings is 1. The molecule has 4 N–H and O–H groups in total. The Morgan fingerprint density at radius 2 is 1.70 bits per heavy atom. The van der Waals surface area contributed by atoms with Crippen LogP contribution >= 0.6 is 0 Å². The van der Waals surface area contributed by atoms with Crippen LogP contribution < -0.4 is 9.47 Å². The Bertz CT molecular complexity index is 506. The summed E-state index contributed by atoms with van der Waals surface area (Å²) in [4.78, 5) is 0. The first kappa shape index (κ1) is 17.9. The lowest BCUT2D eigenvalue weighted by Crippen LogP contribution is -2.59. The summed E-state index contributed by atoms with van der Waals surface area (Å²) < 4.78 is 21.0. The second-order valence-electron chi connectivity index (χ2n) is 5.20. The van der Waals surface area contributed by atoms with Gasteiger partial charge in [-0.1, -0.05) is 6.07 Å². The molecule has 0 radical (unpaired) electrons. The summed E-state index contributed by atoms with van der Waals surface area (Å²) in [5.74, 6) is 1.10. The van der Waals surface area contributed by atoms with Gasteiger partial charge < -0.3 is 39.4 Å². The molecule has 0 aliphatic carbocycles. The van der Waals surface area contributed by atoms with Crippen molar-refractivity contribution in [1.82, 2.24) is 0 Å². The number of aliphatic hydroxyl groups is 4. The number of rotatable bonds is 6. The maximum atomic E-state index is 9.90. The van der Waals surface area contributed by atoms with E-state index in [-0.39, 0.29) is 6.61 Å². The van der Waals surface area contributed by atoms with Gasteiger partial charge in [0.2, 0.25) is 0 Å². The Morgan fingerprint density at radius 3 is 2.30 bits per heavy atom. The van der Waals surface area contributed by atoms with Gasteiger partial charge in [0.25, 0.3) is 0 Å². The summed E-state index contributed by atoms with van der Waals surface area (Å²) in [6.45, 7) is -0.426. The lowest BCUT2D eigenvalue weighted by Gasteiger charge is -2.39. The highest BCUT2D eigenvalue weighted by Crippen LogP contribution is 2.28. The van der Waals surface area contributed by atoms with Crippen molar-refractivity contribution in [2.24, 2.45) is 0 Å². The van der Waals surface area contributed by atoms with Gasteiger partial charge in [0.15, 0.2) is 17.8 Å². The molecule has 1 heterocycles. The van der Waals surface area contributed by atoms with Gasteiger partial charge in [-0.3, -0.25) is 0 Å². The summed E-state index contributed by atoms with van der Waals surface area (Å²) in [7, 11) is 3.04.